The highest BCUT2D eigenvalue weighted by Gasteiger charge is 2.05. The number of halogens is 1. The lowest BCUT2D eigenvalue weighted by atomic mass is 10.2. The number of carbonyl (C=O) groups excluding carboxylic acids is 1. The van der Waals surface area contributed by atoms with E-state index in [4.69, 9.17) is 17.3 Å². The molecule has 0 atom stereocenters. The highest BCUT2D eigenvalue weighted by atomic mass is 35.5. The lowest BCUT2D eigenvalue weighted by Gasteiger charge is -1.98. The average Bonchev–Trinajstić information content (AvgIpc) is 1.85. The predicted octanol–water partition coefficient (Wildman–Crippen LogP) is 1.14. The zero-order valence-corrected chi connectivity index (χ0v) is 6.72. The lowest BCUT2D eigenvalue weighted by molar-refractivity contribution is 0.1000. The third-order valence-corrected chi connectivity index (χ3v) is 1.57. The first kappa shape index (κ1) is 8.01. The molecule has 0 spiro atoms. The number of nitrogens with zero attached hydrogens (tertiary/aromatic N) is 1. The molecule has 0 saturated heterocycles. The molecule has 0 aliphatic rings. The molecule has 2 N–H and O–H groups in total. The van der Waals surface area contributed by atoms with Crippen LogP contribution in [0.25, 0.3) is 0 Å². The van der Waals surface area contributed by atoms with Crippen LogP contribution in [0.15, 0.2) is 12.3 Å². The van der Waals surface area contributed by atoms with Gasteiger partial charge in [-0.05, 0) is 13.0 Å². The molecule has 0 fully saturated rings. The maximum absolute atomic E-state index is 10.6. The van der Waals surface area contributed by atoms with Gasteiger partial charge in [-0.25, -0.2) is 0 Å². The van der Waals surface area contributed by atoms with Crippen molar-refractivity contribution < 1.29 is 4.79 Å². The molecule has 4 heteroatoms. The van der Waals surface area contributed by atoms with Gasteiger partial charge in [-0.1, -0.05) is 11.6 Å². The predicted molar refractivity (Wildman–Crippen MR) is 42.5 cm³/mol. The zero-order valence-electron chi connectivity index (χ0n) is 5.97. The second-order valence-corrected chi connectivity index (χ2v) is 2.58. The lowest BCUT2D eigenvalue weighted by Crippen LogP contribution is -2.12. The molecule has 3 nitrogen and oxygen atoms in total. The Morgan fingerprint density at radius 2 is 2.36 bits per heavy atom. The van der Waals surface area contributed by atoms with Crippen molar-refractivity contribution in [2.24, 2.45) is 5.73 Å². The van der Waals surface area contributed by atoms with Crippen LogP contribution >= 0.6 is 11.6 Å². The number of aromatic nitrogens is 1. The van der Waals surface area contributed by atoms with Gasteiger partial charge in [0.15, 0.2) is 0 Å². The van der Waals surface area contributed by atoms with Crippen molar-refractivity contribution in [3.05, 3.63) is 28.5 Å². The van der Waals surface area contributed by atoms with Gasteiger partial charge in [-0.3, -0.25) is 9.78 Å². The number of pyridine rings is 1. The van der Waals surface area contributed by atoms with Gasteiger partial charge < -0.3 is 5.73 Å². The monoisotopic (exact) mass is 170 g/mol. The van der Waals surface area contributed by atoms with E-state index >= 15 is 0 Å². The van der Waals surface area contributed by atoms with Crippen molar-refractivity contribution in [3.63, 3.8) is 0 Å². The van der Waals surface area contributed by atoms with E-state index < -0.39 is 5.91 Å². The third kappa shape index (κ3) is 1.68. The molecular weight excluding hydrogens is 164 g/mol. The second kappa shape index (κ2) is 2.88. The average molecular weight is 171 g/mol. The number of aryl methyl sites for hydroxylation is 1. The van der Waals surface area contributed by atoms with Gasteiger partial charge in [0.05, 0.1) is 10.6 Å². The topological polar surface area (TPSA) is 56.0 Å². The fraction of sp³-hybridized carbons (Fsp3) is 0.143. The first-order valence-electron chi connectivity index (χ1n) is 3.03. The second-order valence-electron chi connectivity index (χ2n) is 2.17. The largest absolute Gasteiger partial charge is 0.366 e. The molecule has 0 unspecified atom stereocenters. The third-order valence-electron chi connectivity index (χ3n) is 1.26. The van der Waals surface area contributed by atoms with Crippen LogP contribution in [0.2, 0.25) is 5.02 Å². The van der Waals surface area contributed by atoms with Gasteiger partial charge in [0, 0.05) is 11.9 Å². The summed E-state index contributed by atoms with van der Waals surface area (Å²) in [4.78, 5) is 14.5. The van der Waals surface area contributed by atoms with E-state index in [1.165, 1.54) is 6.20 Å². The summed E-state index contributed by atoms with van der Waals surface area (Å²) in [6.07, 6.45) is 1.38. The van der Waals surface area contributed by atoms with Gasteiger partial charge in [0.25, 0.3) is 5.91 Å². The number of carbonyl (C=O) groups is 1. The van der Waals surface area contributed by atoms with Crippen LogP contribution in [0.4, 0.5) is 0 Å². The van der Waals surface area contributed by atoms with Gasteiger partial charge in [-0.15, -0.1) is 0 Å². The van der Waals surface area contributed by atoms with Crippen molar-refractivity contribution in [1.82, 2.24) is 4.98 Å². The number of primary amides is 1. The molecule has 0 aromatic carbocycles. The summed E-state index contributed by atoms with van der Waals surface area (Å²) in [7, 11) is 0. The molecule has 11 heavy (non-hydrogen) atoms. The Morgan fingerprint density at radius 3 is 2.82 bits per heavy atom. The van der Waals surface area contributed by atoms with E-state index in [1.807, 2.05) is 0 Å². The molecule has 0 aliphatic carbocycles. The minimum Gasteiger partial charge on any atom is -0.366 e. The smallest absolute Gasteiger partial charge is 0.251 e. The van der Waals surface area contributed by atoms with Crippen LogP contribution in [0.5, 0.6) is 0 Å². The summed E-state index contributed by atoms with van der Waals surface area (Å²) < 4.78 is 0. The van der Waals surface area contributed by atoms with Crippen molar-refractivity contribution in [1.29, 1.82) is 0 Å². The van der Waals surface area contributed by atoms with Crippen LogP contribution < -0.4 is 5.73 Å². The quantitative estimate of drug-likeness (QED) is 0.687. The molecule has 0 saturated carbocycles. The minimum absolute atomic E-state index is 0.261. The summed E-state index contributed by atoms with van der Waals surface area (Å²) in [5, 5.41) is 0.352. The molecule has 1 rings (SSSR count). The standard InChI is InChI=1S/C7H7ClN2O/c1-4-2-6(8)5(3-10-4)7(9)11/h2-3H,1H3,(H2,9,11). The van der Waals surface area contributed by atoms with Crippen molar-refractivity contribution in [3.8, 4) is 0 Å². The maximum atomic E-state index is 10.6. The molecule has 1 aromatic rings. The van der Waals surface area contributed by atoms with Crippen LogP contribution in [-0.2, 0) is 0 Å². The van der Waals surface area contributed by atoms with Gasteiger partial charge in [0.2, 0.25) is 0 Å². The normalized spacial score (nSPS) is 9.64. The summed E-state index contributed by atoms with van der Waals surface area (Å²) in [5.74, 6) is -0.553. The summed E-state index contributed by atoms with van der Waals surface area (Å²) >= 11 is 5.68. The Hall–Kier alpha value is -1.09. The first-order valence-corrected chi connectivity index (χ1v) is 3.41. The number of nitrogens with two attached hydrogens (primary N) is 1. The molecular formula is C7H7ClN2O. The van der Waals surface area contributed by atoms with E-state index in [0.717, 1.165) is 5.69 Å². The summed E-state index contributed by atoms with van der Waals surface area (Å²) in [6.45, 7) is 1.79. The van der Waals surface area contributed by atoms with Crippen molar-refractivity contribution in [2.45, 2.75) is 6.92 Å². The van der Waals surface area contributed by atoms with Gasteiger partial charge in [-0.2, -0.15) is 0 Å². The first-order chi connectivity index (χ1) is 5.11. The Bertz CT molecular complexity index is 298. The molecule has 0 aliphatic heterocycles. The number of rotatable bonds is 1. The molecule has 58 valence electrons. The number of hydrogen-bond donors (Lipinski definition) is 1. The van der Waals surface area contributed by atoms with E-state index in [0.29, 0.717) is 5.02 Å². The van der Waals surface area contributed by atoms with Crippen LogP contribution in [-0.4, -0.2) is 10.9 Å². The van der Waals surface area contributed by atoms with E-state index in [1.54, 1.807) is 13.0 Å². The van der Waals surface area contributed by atoms with Crippen molar-refractivity contribution in [2.75, 3.05) is 0 Å². The Kier molecular flexibility index (Phi) is 2.10. The highest BCUT2D eigenvalue weighted by Crippen LogP contribution is 2.14. The fourth-order valence-electron chi connectivity index (χ4n) is 0.708. The van der Waals surface area contributed by atoms with Crippen LogP contribution in [0, 0.1) is 6.92 Å². The molecule has 1 heterocycles. The summed E-state index contributed by atoms with van der Waals surface area (Å²) in [6, 6.07) is 1.60. The molecule has 0 bridgehead atoms. The Balaban J connectivity index is 3.20. The van der Waals surface area contributed by atoms with Crippen molar-refractivity contribution >= 4 is 17.5 Å². The Morgan fingerprint density at radius 1 is 1.73 bits per heavy atom. The Labute approximate surface area is 69.2 Å². The molecule has 1 aromatic heterocycles. The highest BCUT2D eigenvalue weighted by molar-refractivity contribution is 6.33. The van der Waals surface area contributed by atoms with E-state index in [2.05, 4.69) is 4.98 Å². The molecule has 1 amide bonds. The fourth-order valence-corrected chi connectivity index (χ4v) is 1.01. The van der Waals surface area contributed by atoms with Gasteiger partial charge in [0.1, 0.15) is 0 Å². The van der Waals surface area contributed by atoms with Crippen LogP contribution in [0.1, 0.15) is 16.1 Å². The number of amides is 1. The number of hydrogen-bond acceptors (Lipinski definition) is 2. The van der Waals surface area contributed by atoms with E-state index in [9.17, 15) is 4.79 Å². The summed E-state index contributed by atoms with van der Waals surface area (Å²) in [5.41, 5.74) is 6.03. The van der Waals surface area contributed by atoms with E-state index in [-0.39, 0.29) is 5.56 Å². The molecule has 0 radical (unpaired) electrons. The van der Waals surface area contributed by atoms with Crippen LogP contribution in [0.3, 0.4) is 0 Å². The minimum atomic E-state index is -0.553. The SMILES string of the molecule is Cc1cc(Cl)c(C(N)=O)cn1. The maximum Gasteiger partial charge on any atom is 0.251 e. The zero-order chi connectivity index (χ0) is 8.43. The van der Waals surface area contributed by atoms with Gasteiger partial charge >= 0.3 is 0 Å².